The molecule has 0 unspecified atom stereocenters. The lowest BCUT2D eigenvalue weighted by atomic mass is 9.97. The molecule has 1 heterocycles. The van der Waals surface area contributed by atoms with Crippen LogP contribution in [0.4, 0.5) is 0 Å². The van der Waals surface area contributed by atoms with Gasteiger partial charge in [-0.1, -0.05) is 85.0 Å². The molecule has 0 spiro atoms. The molecule has 0 saturated carbocycles. The van der Waals surface area contributed by atoms with Crippen molar-refractivity contribution < 1.29 is 0 Å². The smallest absolute Gasteiger partial charge is 0.0166 e. The summed E-state index contributed by atoms with van der Waals surface area (Å²) in [5.41, 5.74) is 2.56. The quantitative estimate of drug-likeness (QED) is 0.696. The fourth-order valence-corrected chi connectivity index (χ4v) is 3.41. The van der Waals surface area contributed by atoms with Gasteiger partial charge in [0.05, 0.1) is 0 Å². The average Bonchev–Trinajstić information content (AvgIpc) is 2.70. The molecule has 2 heteroatoms. The van der Waals surface area contributed by atoms with Crippen molar-refractivity contribution in [3.05, 3.63) is 83.9 Å². The summed E-state index contributed by atoms with van der Waals surface area (Å²) >= 11 is 0. The van der Waals surface area contributed by atoms with Crippen LogP contribution in [0.5, 0.6) is 0 Å². The van der Waals surface area contributed by atoms with Gasteiger partial charge in [0, 0.05) is 13.1 Å². The third-order valence-corrected chi connectivity index (χ3v) is 4.99. The van der Waals surface area contributed by atoms with Gasteiger partial charge in [0.1, 0.15) is 0 Å². The van der Waals surface area contributed by atoms with Gasteiger partial charge in [0.2, 0.25) is 0 Å². The third-order valence-electron chi connectivity index (χ3n) is 4.99. The van der Waals surface area contributed by atoms with E-state index in [1.54, 1.807) is 0 Å². The Labute approximate surface area is 158 Å². The molecular weight excluding hydrogens is 316 g/mol. The third kappa shape index (κ3) is 6.62. The Kier molecular flexibility index (Phi) is 7.70. The van der Waals surface area contributed by atoms with Crippen molar-refractivity contribution >= 4 is 12.2 Å². The fourth-order valence-electron chi connectivity index (χ4n) is 3.41. The van der Waals surface area contributed by atoms with E-state index in [1.807, 2.05) is 0 Å². The number of rotatable bonds is 8. The van der Waals surface area contributed by atoms with E-state index < -0.39 is 0 Å². The first kappa shape index (κ1) is 18.6. The van der Waals surface area contributed by atoms with Crippen LogP contribution in [0.3, 0.4) is 0 Å². The number of hydrogen-bond acceptors (Lipinski definition) is 2. The Hall–Kier alpha value is -2.16. The topological polar surface area (TPSA) is 15.3 Å². The highest BCUT2D eigenvalue weighted by Gasteiger charge is 2.17. The van der Waals surface area contributed by atoms with Crippen molar-refractivity contribution in [3.63, 3.8) is 0 Å². The molecule has 0 bridgehead atoms. The van der Waals surface area contributed by atoms with E-state index in [-0.39, 0.29) is 0 Å². The largest absolute Gasteiger partial charge is 0.313 e. The molecular formula is C24H30N2. The van der Waals surface area contributed by atoms with Crippen LogP contribution in [0, 0.1) is 5.92 Å². The van der Waals surface area contributed by atoms with Gasteiger partial charge in [-0.25, -0.2) is 0 Å². The molecule has 136 valence electrons. The zero-order chi connectivity index (χ0) is 17.9. The van der Waals surface area contributed by atoms with E-state index in [1.165, 1.54) is 37.1 Å². The number of piperidine rings is 1. The highest BCUT2D eigenvalue weighted by Crippen LogP contribution is 2.16. The van der Waals surface area contributed by atoms with Crippen LogP contribution in [0.15, 0.2) is 72.8 Å². The minimum Gasteiger partial charge on any atom is -0.313 e. The second kappa shape index (κ2) is 10.7. The van der Waals surface area contributed by atoms with Crippen molar-refractivity contribution in [2.24, 2.45) is 5.92 Å². The summed E-state index contributed by atoms with van der Waals surface area (Å²) in [5, 5.41) is 3.59. The van der Waals surface area contributed by atoms with E-state index in [0.29, 0.717) is 0 Å². The first-order valence-electron chi connectivity index (χ1n) is 9.76. The Morgan fingerprint density at radius 1 is 0.808 bits per heavy atom. The molecule has 0 amide bonds. The molecule has 26 heavy (non-hydrogen) atoms. The molecule has 1 fully saturated rings. The Morgan fingerprint density at radius 2 is 1.38 bits per heavy atom. The van der Waals surface area contributed by atoms with Crippen LogP contribution < -0.4 is 5.32 Å². The number of nitrogens with zero attached hydrogens (tertiary/aromatic N) is 1. The molecule has 1 N–H and O–H groups in total. The summed E-state index contributed by atoms with van der Waals surface area (Å²) in [5.74, 6) is 0.814. The van der Waals surface area contributed by atoms with Crippen LogP contribution in [0.2, 0.25) is 0 Å². The van der Waals surface area contributed by atoms with Gasteiger partial charge >= 0.3 is 0 Å². The number of nitrogens with one attached hydrogen (secondary N) is 1. The van der Waals surface area contributed by atoms with Crippen LogP contribution in [0.25, 0.3) is 12.2 Å². The molecule has 2 nitrogen and oxygen atoms in total. The predicted molar refractivity (Wildman–Crippen MR) is 113 cm³/mol. The fraction of sp³-hybridized carbons (Fsp3) is 0.333. The summed E-state index contributed by atoms with van der Waals surface area (Å²) in [7, 11) is 0. The highest BCUT2D eigenvalue weighted by molar-refractivity contribution is 5.49. The van der Waals surface area contributed by atoms with Crippen LogP contribution in [-0.2, 0) is 0 Å². The molecule has 3 rings (SSSR count). The lowest BCUT2D eigenvalue weighted by Gasteiger charge is -2.31. The van der Waals surface area contributed by atoms with Crippen LogP contribution in [-0.4, -0.2) is 37.6 Å². The molecule has 0 aliphatic carbocycles. The van der Waals surface area contributed by atoms with Crippen molar-refractivity contribution in [2.45, 2.75) is 12.8 Å². The molecule has 2 aromatic rings. The zero-order valence-electron chi connectivity index (χ0n) is 15.6. The Balaban J connectivity index is 1.28. The average molecular weight is 347 g/mol. The Bertz CT molecular complexity index is 668. The number of benzene rings is 2. The number of hydrogen-bond donors (Lipinski definition) is 1. The second-order valence-electron chi connectivity index (χ2n) is 7.03. The second-order valence-corrected chi connectivity index (χ2v) is 7.03. The van der Waals surface area contributed by atoms with Gasteiger partial charge < -0.3 is 5.32 Å². The molecule has 0 atom stereocenters. The van der Waals surface area contributed by atoms with E-state index in [9.17, 15) is 0 Å². The molecule has 1 aliphatic heterocycles. The maximum absolute atomic E-state index is 3.59. The van der Waals surface area contributed by atoms with Crippen molar-refractivity contribution in [1.29, 1.82) is 0 Å². The Morgan fingerprint density at radius 3 is 2.00 bits per heavy atom. The highest BCUT2D eigenvalue weighted by atomic mass is 15.1. The standard InChI is InChI=1S/C24H30N2/c1-3-9-22(10-4-1)13-7-17-25-21-24-15-19-26(20-16-24)18-8-14-23-11-5-2-6-12-23/h1-14,24-25H,15-21H2/b13-7+,14-8+. The van der Waals surface area contributed by atoms with E-state index in [4.69, 9.17) is 0 Å². The van der Waals surface area contributed by atoms with E-state index in [0.717, 1.165) is 25.6 Å². The lowest BCUT2D eigenvalue weighted by Crippen LogP contribution is -2.37. The first-order valence-corrected chi connectivity index (χ1v) is 9.76. The minimum atomic E-state index is 0.814. The van der Waals surface area contributed by atoms with Crippen molar-refractivity contribution in [3.8, 4) is 0 Å². The molecule has 1 aliphatic rings. The van der Waals surface area contributed by atoms with Crippen molar-refractivity contribution in [2.75, 3.05) is 32.7 Å². The van der Waals surface area contributed by atoms with Gasteiger partial charge in [0.25, 0.3) is 0 Å². The van der Waals surface area contributed by atoms with E-state index >= 15 is 0 Å². The molecule has 1 saturated heterocycles. The maximum atomic E-state index is 3.59. The first-order chi connectivity index (χ1) is 12.9. The molecule has 0 radical (unpaired) electrons. The summed E-state index contributed by atoms with van der Waals surface area (Å²) in [6, 6.07) is 21.0. The van der Waals surface area contributed by atoms with E-state index in [2.05, 4.69) is 95.2 Å². The molecule has 0 aromatic heterocycles. The van der Waals surface area contributed by atoms with Crippen molar-refractivity contribution in [1.82, 2.24) is 10.2 Å². The van der Waals surface area contributed by atoms with Crippen LogP contribution >= 0.6 is 0 Å². The summed E-state index contributed by atoms with van der Waals surface area (Å²) < 4.78 is 0. The normalized spacial score (nSPS) is 16.6. The SMILES string of the molecule is C(=C\c1ccccc1)/CNCC1CCN(C/C=C/c2ccccc2)CC1. The summed E-state index contributed by atoms with van der Waals surface area (Å²) in [6.07, 6.45) is 11.5. The lowest BCUT2D eigenvalue weighted by molar-refractivity contribution is 0.199. The summed E-state index contributed by atoms with van der Waals surface area (Å²) in [4.78, 5) is 2.56. The van der Waals surface area contributed by atoms with Gasteiger partial charge in [0.15, 0.2) is 0 Å². The number of likely N-dealkylation sites (tertiary alicyclic amines) is 1. The van der Waals surface area contributed by atoms with Gasteiger partial charge in [-0.2, -0.15) is 0 Å². The van der Waals surface area contributed by atoms with Gasteiger partial charge in [-0.05, 0) is 49.5 Å². The minimum absolute atomic E-state index is 0.814. The predicted octanol–water partition coefficient (Wildman–Crippen LogP) is 4.71. The van der Waals surface area contributed by atoms with Gasteiger partial charge in [-0.15, -0.1) is 0 Å². The van der Waals surface area contributed by atoms with Crippen LogP contribution in [0.1, 0.15) is 24.0 Å². The van der Waals surface area contributed by atoms with Gasteiger partial charge in [-0.3, -0.25) is 4.90 Å². The maximum Gasteiger partial charge on any atom is 0.0166 e. The molecule has 2 aromatic carbocycles. The monoisotopic (exact) mass is 346 g/mol. The summed E-state index contributed by atoms with van der Waals surface area (Å²) in [6.45, 7) is 5.58. The zero-order valence-corrected chi connectivity index (χ0v) is 15.6.